The van der Waals surface area contributed by atoms with Crippen molar-refractivity contribution in [1.29, 1.82) is 0 Å². The molecule has 0 bridgehead atoms. The number of carbonyl (C=O) groups excluding carboxylic acids is 1. The number of aliphatic hydroxyl groups is 1. The molecule has 1 fully saturated rings. The van der Waals surface area contributed by atoms with E-state index in [-0.39, 0.29) is 12.1 Å². The van der Waals surface area contributed by atoms with Gasteiger partial charge in [0.25, 0.3) is 0 Å². The predicted octanol–water partition coefficient (Wildman–Crippen LogP) is 1.77. The fraction of sp³-hybridized carbons (Fsp3) is 0.500. The van der Waals surface area contributed by atoms with Gasteiger partial charge in [-0.05, 0) is 43.9 Å². The maximum atomic E-state index is 11.4. The molecule has 0 spiro atoms. The van der Waals surface area contributed by atoms with Gasteiger partial charge >= 0.3 is 5.97 Å². The zero-order valence-electron chi connectivity index (χ0n) is 11.1. The molecule has 1 saturated carbocycles. The van der Waals surface area contributed by atoms with E-state index in [1.54, 1.807) is 18.2 Å². The van der Waals surface area contributed by atoms with Gasteiger partial charge in [-0.2, -0.15) is 0 Å². The molecule has 0 saturated heterocycles. The SMILES string of the molecule is COC(=O)c1ccc(N[C@H]2CC[C@H](O)CC2)c(N)c1. The van der Waals surface area contributed by atoms with Crippen molar-refractivity contribution in [1.82, 2.24) is 0 Å². The molecule has 5 nitrogen and oxygen atoms in total. The van der Waals surface area contributed by atoms with Crippen molar-refractivity contribution in [2.24, 2.45) is 0 Å². The summed E-state index contributed by atoms with van der Waals surface area (Å²) in [5.41, 5.74) is 7.75. The number of aliphatic hydroxyl groups excluding tert-OH is 1. The van der Waals surface area contributed by atoms with Crippen LogP contribution < -0.4 is 11.1 Å². The molecule has 0 heterocycles. The van der Waals surface area contributed by atoms with E-state index >= 15 is 0 Å². The molecule has 5 heteroatoms. The molecule has 0 aromatic heterocycles. The summed E-state index contributed by atoms with van der Waals surface area (Å²) >= 11 is 0. The molecule has 2 rings (SSSR count). The van der Waals surface area contributed by atoms with Crippen LogP contribution in [0.5, 0.6) is 0 Å². The Kier molecular flexibility index (Phi) is 4.27. The van der Waals surface area contributed by atoms with Crippen molar-refractivity contribution >= 4 is 17.3 Å². The molecule has 19 heavy (non-hydrogen) atoms. The highest BCUT2D eigenvalue weighted by Crippen LogP contribution is 2.26. The fourth-order valence-corrected chi connectivity index (χ4v) is 2.38. The standard InChI is InChI=1S/C14H20N2O3/c1-19-14(18)9-2-7-13(12(15)8-9)16-10-3-5-11(17)6-4-10/h2,7-8,10-11,16-17H,3-6,15H2,1H3/t10-,11-. The molecule has 0 unspecified atom stereocenters. The maximum Gasteiger partial charge on any atom is 0.337 e. The lowest BCUT2D eigenvalue weighted by atomic mass is 9.93. The maximum absolute atomic E-state index is 11.4. The lowest BCUT2D eigenvalue weighted by molar-refractivity contribution is 0.0601. The Hall–Kier alpha value is -1.75. The van der Waals surface area contributed by atoms with Crippen LogP contribution in [-0.4, -0.2) is 30.3 Å². The molecule has 0 radical (unpaired) electrons. The van der Waals surface area contributed by atoms with Gasteiger partial charge in [0.15, 0.2) is 0 Å². The van der Waals surface area contributed by atoms with E-state index < -0.39 is 0 Å². The summed E-state index contributed by atoms with van der Waals surface area (Å²) in [5, 5.41) is 12.8. The zero-order chi connectivity index (χ0) is 13.8. The molecular weight excluding hydrogens is 244 g/mol. The van der Waals surface area contributed by atoms with Crippen molar-refractivity contribution in [2.45, 2.75) is 37.8 Å². The van der Waals surface area contributed by atoms with E-state index in [9.17, 15) is 9.90 Å². The van der Waals surface area contributed by atoms with Crippen LogP contribution in [0.3, 0.4) is 0 Å². The molecule has 0 atom stereocenters. The Morgan fingerprint density at radius 1 is 1.37 bits per heavy atom. The first kappa shape index (κ1) is 13.7. The van der Waals surface area contributed by atoms with Crippen LogP contribution in [0, 0.1) is 0 Å². The molecule has 4 N–H and O–H groups in total. The molecule has 1 aliphatic rings. The van der Waals surface area contributed by atoms with Crippen LogP contribution in [-0.2, 0) is 4.74 Å². The van der Waals surface area contributed by atoms with Gasteiger partial charge in [-0.15, -0.1) is 0 Å². The van der Waals surface area contributed by atoms with E-state index in [4.69, 9.17) is 5.73 Å². The summed E-state index contributed by atoms with van der Waals surface area (Å²) in [5.74, 6) is -0.390. The molecular formula is C14H20N2O3. The Bertz CT molecular complexity index is 454. The summed E-state index contributed by atoms with van der Waals surface area (Å²) in [6, 6.07) is 5.44. The minimum atomic E-state index is -0.390. The van der Waals surface area contributed by atoms with Crippen LogP contribution in [0.25, 0.3) is 0 Å². The second-order valence-electron chi connectivity index (χ2n) is 4.94. The van der Waals surface area contributed by atoms with E-state index in [0.717, 1.165) is 31.4 Å². The normalized spacial score (nSPS) is 22.8. The van der Waals surface area contributed by atoms with Gasteiger partial charge in [0, 0.05) is 6.04 Å². The Labute approximate surface area is 112 Å². The minimum Gasteiger partial charge on any atom is -0.465 e. The number of carbonyl (C=O) groups is 1. The van der Waals surface area contributed by atoms with Crippen molar-refractivity contribution in [2.75, 3.05) is 18.2 Å². The number of nitrogens with two attached hydrogens (primary N) is 1. The van der Waals surface area contributed by atoms with E-state index in [1.807, 2.05) is 0 Å². The quantitative estimate of drug-likeness (QED) is 0.572. The van der Waals surface area contributed by atoms with Crippen molar-refractivity contribution in [3.63, 3.8) is 0 Å². The van der Waals surface area contributed by atoms with Crippen LogP contribution in [0.2, 0.25) is 0 Å². The van der Waals surface area contributed by atoms with Gasteiger partial charge in [-0.25, -0.2) is 4.79 Å². The van der Waals surface area contributed by atoms with Crippen molar-refractivity contribution < 1.29 is 14.6 Å². The van der Waals surface area contributed by atoms with E-state index in [0.29, 0.717) is 17.3 Å². The highest BCUT2D eigenvalue weighted by atomic mass is 16.5. The van der Waals surface area contributed by atoms with Crippen LogP contribution in [0.15, 0.2) is 18.2 Å². The summed E-state index contributed by atoms with van der Waals surface area (Å²) in [6.07, 6.45) is 3.33. The number of hydrogen-bond acceptors (Lipinski definition) is 5. The second-order valence-corrected chi connectivity index (χ2v) is 4.94. The first-order valence-corrected chi connectivity index (χ1v) is 6.52. The summed E-state index contributed by atoms with van der Waals surface area (Å²) < 4.78 is 4.65. The lowest BCUT2D eigenvalue weighted by Gasteiger charge is -2.27. The van der Waals surface area contributed by atoms with E-state index in [2.05, 4.69) is 10.1 Å². The highest BCUT2D eigenvalue weighted by molar-refractivity contribution is 5.91. The molecule has 1 aliphatic carbocycles. The summed E-state index contributed by atoms with van der Waals surface area (Å²) in [7, 11) is 1.35. The number of rotatable bonds is 3. The fourth-order valence-electron chi connectivity index (χ4n) is 2.38. The van der Waals surface area contributed by atoms with Gasteiger partial charge in [-0.1, -0.05) is 0 Å². The Morgan fingerprint density at radius 2 is 2.05 bits per heavy atom. The van der Waals surface area contributed by atoms with Crippen LogP contribution in [0.1, 0.15) is 36.0 Å². The lowest BCUT2D eigenvalue weighted by Crippen LogP contribution is -2.28. The van der Waals surface area contributed by atoms with Crippen LogP contribution in [0.4, 0.5) is 11.4 Å². The predicted molar refractivity (Wildman–Crippen MR) is 74.1 cm³/mol. The number of nitrogens with one attached hydrogen (secondary N) is 1. The number of methoxy groups -OCH3 is 1. The third kappa shape index (κ3) is 3.38. The first-order chi connectivity index (χ1) is 9.10. The monoisotopic (exact) mass is 264 g/mol. The summed E-state index contributed by atoms with van der Waals surface area (Å²) in [4.78, 5) is 11.4. The third-order valence-electron chi connectivity index (χ3n) is 3.53. The number of nitrogen functional groups attached to an aromatic ring is 1. The van der Waals surface area contributed by atoms with Crippen molar-refractivity contribution in [3.8, 4) is 0 Å². The van der Waals surface area contributed by atoms with Crippen molar-refractivity contribution in [3.05, 3.63) is 23.8 Å². The Morgan fingerprint density at radius 3 is 2.63 bits per heavy atom. The minimum absolute atomic E-state index is 0.169. The number of benzene rings is 1. The van der Waals surface area contributed by atoms with Gasteiger partial charge in [0.1, 0.15) is 0 Å². The highest BCUT2D eigenvalue weighted by Gasteiger charge is 2.19. The average molecular weight is 264 g/mol. The van der Waals surface area contributed by atoms with Gasteiger partial charge in [-0.3, -0.25) is 0 Å². The number of ether oxygens (including phenoxy) is 1. The largest absolute Gasteiger partial charge is 0.465 e. The zero-order valence-corrected chi connectivity index (χ0v) is 11.1. The molecule has 0 aliphatic heterocycles. The molecule has 1 aromatic rings. The molecule has 104 valence electrons. The Balaban J connectivity index is 2.03. The molecule has 0 amide bonds. The third-order valence-corrected chi connectivity index (χ3v) is 3.53. The average Bonchev–Trinajstić information content (AvgIpc) is 2.42. The number of esters is 1. The first-order valence-electron chi connectivity index (χ1n) is 6.52. The number of anilines is 2. The van der Waals surface area contributed by atoms with Gasteiger partial charge in [0.05, 0.1) is 30.2 Å². The topological polar surface area (TPSA) is 84.6 Å². The number of hydrogen-bond donors (Lipinski definition) is 3. The smallest absolute Gasteiger partial charge is 0.337 e. The van der Waals surface area contributed by atoms with Crippen LogP contribution >= 0.6 is 0 Å². The molecule has 1 aromatic carbocycles. The van der Waals surface area contributed by atoms with Gasteiger partial charge < -0.3 is 20.9 Å². The second kappa shape index (κ2) is 5.93. The summed E-state index contributed by atoms with van der Waals surface area (Å²) in [6.45, 7) is 0. The van der Waals surface area contributed by atoms with Gasteiger partial charge in [0.2, 0.25) is 0 Å². The van der Waals surface area contributed by atoms with E-state index in [1.165, 1.54) is 7.11 Å².